The van der Waals surface area contributed by atoms with Crippen LogP contribution in [0.5, 0.6) is 0 Å². The van der Waals surface area contributed by atoms with E-state index in [1.54, 1.807) is 36.4 Å². The first kappa shape index (κ1) is 17.3. The molecule has 2 aromatic carbocycles. The number of carbonyl (C=O) groups is 2. The van der Waals surface area contributed by atoms with Gasteiger partial charge in [0.05, 0.1) is 10.6 Å². The summed E-state index contributed by atoms with van der Waals surface area (Å²) in [5, 5.41) is 6.50. The molecule has 0 unspecified atom stereocenters. The summed E-state index contributed by atoms with van der Waals surface area (Å²) in [5.74, 6) is -0.430. The third-order valence-corrected chi connectivity index (χ3v) is 3.74. The van der Waals surface area contributed by atoms with E-state index in [4.69, 9.17) is 23.2 Å². The summed E-state index contributed by atoms with van der Waals surface area (Å²) in [5.41, 5.74) is 1.36. The van der Waals surface area contributed by atoms with Crippen molar-refractivity contribution in [1.29, 1.82) is 0 Å². The van der Waals surface area contributed by atoms with Crippen LogP contribution in [0.25, 0.3) is 0 Å². The number of amides is 2. The Kier molecular flexibility index (Phi) is 6.44. The number of nitrogens with one attached hydrogen (secondary N) is 2. The highest BCUT2D eigenvalue weighted by Gasteiger charge is 2.09. The zero-order chi connectivity index (χ0) is 16.7. The molecule has 0 bridgehead atoms. The fourth-order valence-corrected chi connectivity index (χ4v) is 2.27. The van der Waals surface area contributed by atoms with E-state index < -0.39 is 0 Å². The third kappa shape index (κ3) is 5.58. The van der Waals surface area contributed by atoms with Crippen molar-refractivity contribution in [2.24, 2.45) is 0 Å². The lowest BCUT2D eigenvalue weighted by molar-refractivity contribution is -0.121. The molecule has 0 radical (unpaired) electrons. The van der Waals surface area contributed by atoms with Gasteiger partial charge in [-0.15, -0.1) is 0 Å². The molecule has 0 heterocycles. The van der Waals surface area contributed by atoms with E-state index in [2.05, 4.69) is 10.6 Å². The summed E-state index contributed by atoms with van der Waals surface area (Å²) in [6, 6.07) is 14.0. The predicted octanol–water partition coefficient (Wildman–Crippen LogP) is 3.43. The fraction of sp³-hybridized carbons (Fsp3) is 0.176. The molecule has 23 heavy (non-hydrogen) atoms. The Morgan fingerprint density at radius 1 is 0.913 bits per heavy atom. The van der Waals surface area contributed by atoms with E-state index in [-0.39, 0.29) is 24.8 Å². The topological polar surface area (TPSA) is 58.2 Å². The number of benzene rings is 2. The average molecular weight is 351 g/mol. The summed E-state index contributed by atoms with van der Waals surface area (Å²) in [6.07, 6.45) is 0.198. The molecule has 0 atom stereocenters. The molecule has 2 rings (SSSR count). The van der Waals surface area contributed by atoms with E-state index in [0.717, 1.165) is 5.56 Å². The van der Waals surface area contributed by atoms with Gasteiger partial charge in [0.15, 0.2) is 0 Å². The smallest absolute Gasteiger partial charge is 0.252 e. The molecule has 0 fully saturated rings. The Morgan fingerprint density at radius 3 is 2.30 bits per heavy atom. The molecule has 0 aliphatic heterocycles. The number of carbonyl (C=O) groups excluding carboxylic acids is 2. The van der Waals surface area contributed by atoms with Crippen LogP contribution in [0.4, 0.5) is 0 Å². The van der Waals surface area contributed by atoms with Gasteiger partial charge in [-0.3, -0.25) is 9.59 Å². The van der Waals surface area contributed by atoms with Gasteiger partial charge in [-0.1, -0.05) is 47.5 Å². The first-order chi connectivity index (χ1) is 11.1. The zero-order valence-corrected chi connectivity index (χ0v) is 13.8. The molecular formula is C17H16Cl2N2O2. The minimum atomic E-state index is -0.291. The van der Waals surface area contributed by atoms with Crippen LogP contribution >= 0.6 is 23.2 Å². The fourth-order valence-electron chi connectivity index (χ4n) is 1.92. The molecule has 0 aliphatic rings. The molecule has 4 nitrogen and oxygen atoms in total. The maximum atomic E-state index is 11.9. The molecule has 0 aromatic heterocycles. The van der Waals surface area contributed by atoms with Crippen molar-refractivity contribution in [2.75, 3.05) is 6.54 Å². The van der Waals surface area contributed by atoms with Crippen molar-refractivity contribution in [3.63, 3.8) is 0 Å². The highest BCUT2D eigenvalue weighted by molar-refractivity contribution is 6.33. The highest BCUT2D eigenvalue weighted by atomic mass is 35.5. The van der Waals surface area contributed by atoms with Crippen molar-refractivity contribution in [3.8, 4) is 0 Å². The second-order valence-electron chi connectivity index (χ2n) is 4.89. The standard InChI is InChI=1S/C17H16Cl2N2O2/c18-13-7-5-12(6-8-13)11-21-16(22)9-10-20-17(23)14-3-1-2-4-15(14)19/h1-8H,9-11H2,(H,20,23)(H,21,22). The number of hydrogen-bond acceptors (Lipinski definition) is 2. The lowest BCUT2D eigenvalue weighted by atomic mass is 10.2. The summed E-state index contributed by atoms with van der Waals surface area (Å²) in [4.78, 5) is 23.7. The maximum absolute atomic E-state index is 11.9. The number of hydrogen-bond donors (Lipinski definition) is 2. The maximum Gasteiger partial charge on any atom is 0.252 e. The molecule has 0 spiro atoms. The van der Waals surface area contributed by atoms with Crippen molar-refractivity contribution in [1.82, 2.24) is 10.6 Å². The predicted molar refractivity (Wildman–Crippen MR) is 91.7 cm³/mol. The van der Waals surface area contributed by atoms with Gasteiger partial charge in [0.2, 0.25) is 5.91 Å². The van der Waals surface area contributed by atoms with Crippen LogP contribution in [0.3, 0.4) is 0 Å². The van der Waals surface area contributed by atoms with E-state index in [1.165, 1.54) is 0 Å². The molecule has 2 aromatic rings. The molecule has 0 aliphatic carbocycles. The quantitative estimate of drug-likeness (QED) is 0.838. The molecule has 2 amide bonds. The van der Waals surface area contributed by atoms with Gasteiger partial charge in [0, 0.05) is 24.5 Å². The van der Waals surface area contributed by atoms with Gasteiger partial charge in [-0.25, -0.2) is 0 Å². The SMILES string of the molecule is O=C(CCNC(=O)c1ccccc1Cl)NCc1ccc(Cl)cc1. The van der Waals surface area contributed by atoms with Crippen molar-refractivity contribution >= 4 is 35.0 Å². The molecule has 0 saturated carbocycles. The minimum Gasteiger partial charge on any atom is -0.352 e. The van der Waals surface area contributed by atoms with E-state index in [9.17, 15) is 9.59 Å². The molecule has 6 heteroatoms. The van der Waals surface area contributed by atoms with Crippen LogP contribution in [-0.4, -0.2) is 18.4 Å². The Labute approximate surface area is 144 Å². The molecule has 120 valence electrons. The first-order valence-electron chi connectivity index (χ1n) is 7.10. The lowest BCUT2D eigenvalue weighted by Crippen LogP contribution is -2.30. The van der Waals surface area contributed by atoms with Gasteiger partial charge in [0.1, 0.15) is 0 Å². The summed E-state index contributed by atoms with van der Waals surface area (Å²) >= 11 is 11.7. The Morgan fingerprint density at radius 2 is 1.61 bits per heavy atom. The van der Waals surface area contributed by atoms with Gasteiger partial charge in [-0.05, 0) is 29.8 Å². The van der Waals surface area contributed by atoms with Crippen LogP contribution in [-0.2, 0) is 11.3 Å². The van der Waals surface area contributed by atoms with Crippen LogP contribution < -0.4 is 10.6 Å². The van der Waals surface area contributed by atoms with Gasteiger partial charge < -0.3 is 10.6 Å². The largest absolute Gasteiger partial charge is 0.352 e. The lowest BCUT2D eigenvalue weighted by Gasteiger charge is -2.08. The number of halogens is 2. The minimum absolute atomic E-state index is 0.139. The normalized spacial score (nSPS) is 10.2. The second-order valence-corrected chi connectivity index (χ2v) is 5.73. The summed E-state index contributed by atoms with van der Waals surface area (Å²) in [6.45, 7) is 0.672. The molecule has 0 saturated heterocycles. The average Bonchev–Trinajstić information content (AvgIpc) is 2.54. The Hall–Kier alpha value is -2.04. The van der Waals surface area contributed by atoms with Gasteiger partial charge in [-0.2, -0.15) is 0 Å². The van der Waals surface area contributed by atoms with Crippen molar-refractivity contribution in [2.45, 2.75) is 13.0 Å². The van der Waals surface area contributed by atoms with Gasteiger partial charge in [0.25, 0.3) is 5.91 Å². The highest BCUT2D eigenvalue weighted by Crippen LogP contribution is 2.14. The third-order valence-electron chi connectivity index (χ3n) is 3.16. The van der Waals surface area contributed by atoms with Crippen molar-refractivity contribution < 1.29 is 9.59 Å². The summed E-state index contributed by atoms with van der Waals surface area (Å²) in [7, 11) is 0. The van der Waals surface area contributed by atoms with Crippen molar-refractivity contribution in [3.05, 3.63) is 69.7 Å². The molecule has 2 N–H and O–H groups in total. The number of rotatable bonds is 6. The second kappa shape index (κ2) is 8.56. The van der Waals surface area contributed by atoms with E-state index >= 15 is 0 Å². The Bertz CT molecular complexity index is 687. The van der Waals surface area contributed by atoms with Crippen LogP contribution in [0, 0.1) is 0 Å². The molecular weight excluding hydrogens is 335 g/mol. The zero-order valence-electron chi connectivity index (χ0n) is 12.3. The van der Waals surface area contributed by atoms with E-state index in [0.29, 0.717) is 22.2 Å². The Balaban J connectivity index is 1.71. The van der Waals surface area contributed by atoms with E-state index in [1.807, 2.05) is 12.1 Å². The van der Waals surface area contributed by atoms with Crippen LogP contribution in [0.15, 0.2) is 48.5 Å². The first-order valence-corrected chi connectivity index (χ1v) is 7.86. The summed E-state index contributed by atoms with van der Waals surface area (Å²) < 4.78 is 0. The monoisotopic (exact) mass is 350 g/mol. The van der Waals surface area contributed by atoms with Crippen LogP contribution in [0.1, 0.15) is 22.3 Å². The van der Waals surface area contributed by atoms with Crippen LogP contribution in [0.2, 0.25) is 10.0 Å². The van der Waals surface area contributed by atoms with Gasteiger partial charge >= 0.3 is 0 Å².